The highest BCUT2D eigenvalue weighted by molar-refractivity contribution is 6.11. The van der Waals surface area contributed by atoms with E-state index in [4.69, 9.17) is 0 Å². The van der Waals surface area contributed by atoms with Gasteiger partial charge in [0.15, 0.2) is 0 Å². The Hall–Kier alpha value is -3.99. The molecule has 0 aliphatic rings. The molecule has 0 atom stereocenters. The highest BCUT2D eigenvalue weighted by atomic mass is 16.2. The van der Waals surface area contributed by atoms with Crippen LogP contribution in [0.1, 0.15) is 28.4 Å². The molecular formula is C24H21N3O2. The Morgan fingerprint density at radius 1 is 0.793 bits per heavy atom. The highest BCUT2D eigenvalue weighted by Gasteiger charge is 2.06. The number of benzene rings is 3. The van der Waals surface area contributed by atoms with Gasteiger partial charge in [-0.1, -0.05) is 66.7 Å². The van der Waals surface area contributed by atoms with Crippen molar-refractivity contribution in [2.45, 2.75) is 6.92 Å². The second-order valence-corrected chi connectivity index (χ2v) is 6.31. The zero-order chi connectivity index (χ0) is 20.5. The standard InChI is InChI=1S/C24H21N3O2/c1-18(28)25-22-15-13-21(14-16-22)24(29)27-26-23(20-10-6-3-7-11-20)17-12-19-8-4-2-5-9-19/h2-17H,1H3,(H,25,28)(H,27,29)/b17-12+,26-23+. The summed E-state index contributed by atoms with van der Waals surface area (Å²) in [4.78, 5) is 23.6. The number of carbonyl (C=O) groups is 2. The van der Waals surface area contributed by atoms with Gasteiger partial charge < -0.3 is 5.32 Å². The van der Waals surface area contributed by atoms with Crippen molar-refractivity contribution in [1.82, 2.24) is 5.43 Å². The molecule has 0 bridgehead atoms. The second kappa shape index (κ2) is 9.80. The third-order valence-electron chi connectivity index (χ3n) is 4.05. The van der Waals surface area contributed by atoms with Crippen LogP contribution in [0.2, 0.25) is 0 Å². The van der Waals surface area contributed by atoms with Crippen molar-refractivity contribution >= 4 is 29.3 Å². The minimum atomic E-state index is -0.332. The van der Waals surface area contributed by atoms with Crippen LogP contribution in [0.5, 0.6) is 0 Å². The third-order valence-corrected chi connectivity index (χ3v) is 4.05. The van der Waals surface area contributed by atoms with E-state index >= 15 is 0 Å². The van der Waals surface area contributed by atoms with Crippen LogP contribution in [-0.4, -0.2) is 17.5 Å². The Labute approximate surface area is 169 Å². The first-order chi connectivity index (χ1) is 14.1. The fourth-order valence-corrected chi connectivity index (χ4v) is 2.63. The molecule has 0 saturated carbocycles. The van der Waals surface area contributed by atoms with Crippen LogP contribution in [0, 0.1) is 0 Å². The summed E-state index contributed by atoms with van der Waals surface area (Å²) in [6.45, 7) is 1.43. The lowest BCUT2D eigenvalue weighted by Gasteiger charge is -2.06. The molecular weight excluding hydrogens is 362 g/mol. The number of nitrogens with zero attached hydrogens (tertiary/aromatic N) is 1. The van der Waals surface area contributed by atoms with Crippen molar-refractivity contribution < 1.29 is 9.59 Å². The molecule has 0 saturated heterocycles. The van der Waals surface area contributed by atoms with E-state index in [1.165, 1.54) is 6.92 Å². The van der Waals surface area contributed by atoms with E-state index in [-0.39, 0.29) is 11.8 Å². The number of carbonyl (C=O) groups excluding carboxylic acids is 2. The molecule has 2 amide bonds. The van der Waals surface area contributed by atoms with Crippen LogP contribution >= 0.6 is 0 Å². The minimum absolute atomic E-state index is 0.162. The van der Waals surface area contributed by atoms with Gasteiger partial charge in [0.2, 0.25) is 5.91 Å². The first-order valence-corrected chi connectivity index (χ1v) is 9.16. The summed E-state index contributed by atoms with van der Waals surface area (Å²) in [6, 6.07) is 26.1. The number of anilines is 1. The summed E-state index contributed by atoms with van der Waals surface area (Å²) >= 11 is 0. The maximum atomic E-state index is 12.5. The van der Waals surface area contributed by atoms with Gasteiger partial charge in [0.25, 0.3) is 5.91 Å². The summed E-state index contributed by atoms with van der Waals surface area (Å²) in [6.07, 6.45) is 3.81. The Morgan fingerprint density at radius 3 is 2.03 bits per heavy atom. The van der Waals surface area contributed by atoms with E-state index in [9.17, 15) is 9.59 Å². The average Bonchev–Trinajstić information content (AvgIpc) is 2.75. The summed E-state index contributed by atoms with van der Waals surface area (Å²) < 4.78 is 0. The van der Waals surface area contributed by atoms with Crippen LogP contribution in [0.3, 0.4) is 0 Å². The van der Waals surface area contributed by atoms with Gasteiger partial charge in [-0.3, -0.25) is 9.59 Å². The number of rotatable bonds is 6. The lowest BCUT2D eigenvalue weighted by atomic mass is 10.1. The summed E-state index contributed by atoms with van der Waals surface area (Å²) in [5.74, 6) is -0.495. The van der Waals surface area contributed by atoms with Crippen LogP contribution in [0.4, 0.5) is 5.69 Å². The molecule has 0 aliphatic carbocycles. The zero-order valence-corrected chi connectivity index (χ0v) is 16.0. The highest BCUT2D eigenvalue weighted by Crippen LogP contribution is 2.10. The van der Waals surface area contributed by atoms with Crippen LogP contribution < -0.4 is 10.7 Å². The number of amides is 2. The predicted octanol–water partition coefficient (Wildman–Crippen LogP) is 4.49. The van der Waals surface area contributed by atoms with Gasteiger partial charge in [-0.15, -0.1) is 0 Å². The monoisotopic (exact) mass is 383 g/mol. The second-order valence-electron chi connectivity index (χ2n) is 6.31. The number of hydrazone groups is 1. The first kappa shape index (κ1) is 19.8. The SMILES string of the molecule is CC(=O)Nc1ccc(C(=O)N/N=C(\C=C\c2ccccc2)c2ccccc2)cc1. The Bertz CT molecular complexity index is 1020. The van der Waals surface area contributed by atoms with Gasteiger partial charge in [-0.25, -0.2) is 5.43 Å². The largest absolute Gasteiger partial charge is 0.326 e. The average molecular weight is 383 g/mol. The van der Waals surface area contributed by atoms with Crippen molar-refractivity contribution in [1.29, 1.82) is 0 Å². The molecule has 5 nitrogen and oxygen atoms in total. The van der Waals surface area contributed by atoms with Crippen molar-refractivity contribution in [2.75, 3.05) is 5.32 Å². The van der Waals surface area contributed by atoms with E-state index < -0.39 is 0 Å². The molecule has 0 aromatic heterocycles. The van der Waals surface area contributed by atoms with Crippen molar-refractivity contribution in [3.63, 3.8) is 0 Å². The van der Waals surface area contributed by atoms with Gasteiger partial charge >= 0.3 is 0 Å². The molecule has 3 aromatic carbocycles. The first-order valence-electron chi connectivity index (χ1n) is 9.16. The Morgan fingerprint density at radius 2 is 1.41 bits per heavy atom. The van der Waals surface area contributed by atoms with Gasteiger partial charge in [0.05, 0.1) is 5.71 Å². The van der Waals surface area contributed by atoms with Crippen LogP contribution in [0.25, 0.3) is 6.08 Å². The van der Waals surface area contributed by atoms with Gasteiger partial charge in [0, 0.05) is 23.7 Å². The minimum Gasteiger partial charge on any atom is -0.326 e. The molecule has 144 valence electrons. The van der Waals surface area contributed by atoms with Crippen molar-refractivity contribution in [3.8, 4) is 0 Å². The van der Waals surface area contributed by atoms with E-state index in [1.54, 1.807) is 24.3 Å². The van der Waals surface area contributed by atoms with Crippen molar-refractivity contribution in [2.24, 2.45) is 5.10 Å². The molecule has 3 aromatic rings. The molecule has 5 heteroatoms. The van der Waals surface area contributed by atoms with Gasteiger partial charge in [-0.05, 0) is 35.9 Å². The lowest BCUT2D eigenvalue weighted by molar-refractivity contribution is -0.114. The number of nitrogens with one attached hydrogen (secondary N) is 2. The molecule has 29 heavy (non-hydrogen) atoms. The fraction of sp³-hybridized carbons (Fsp3) is 0.0417. The normalized spacial score (nSPS) is 11.3. The van der Waals surface area contributed by atoms with Gasteiger partial charge in [-0.2, -0.15) is 5.10 Å². The number of hydrogen-bond donors (Lipinski definition) is 2. The lowest BCUT2D eigenvalue weighted by Crippen LogP contribution is -2.19. The molecule has 0 spiro atoms. The molecule has 0 heterocycles. The molecule has 0 unspecified atom stereocenters. The van der Waals surface area contributed by atoms with E-state index in [0.717, 1.165) is 11.1 Å². The Balaban J connectivity index is 1.78. The number of hydrogen-bond acceptors (Lipinski definition) is 3. The number of allylic oxidation sites excluding steroid dienone is 1. The molecule has 3 rings (SSSR count). The Kier molecular flexibility index (Phi) is 6.68. The topological polar surface area (TPSA) is 70.6 Å². The molecule has 0 aliphatic heterocycles. The quantitative estimate of drug-likeness (QED) is 0.486. The van der Waals surface area contributed by atoms with E-state index in [2.05, 4.69) is 15.8 Å². The molecule has 2 N–H and O–H groups in total. The summed E-state index contributed by atoms with van der Waals surface area (Å²) in [5, 5.41) is 6.98. The molecule has 0 radical (unpaired) electrons. The van der Waals surface area contributed by atoms with E-state index in [0.29, 0.717) is 17.0 Å². The van der Waals surface area contributed by atoms with Crippen LogP contribution in [0.15, 0.2) is 96.1 Å². The summed E-state index contributed by atoms with van der Waals surface area (Å²) in [7, 11) is 0. The third kappa shape index (κ3) is 6.01. The maximum absolute atomic E-state index is 12.5. The maximum Gasteiger partial charge on any atom is 0.271 e. The smallest absolute Gasteiger partial charge is 0.271 e. The zero-order valence-electron chi connectivity index (χ0n) is 16.0. The molecule has 0 fully saturated rings. The fourth-order valence-electron chi connectivity index (χ4n) is 2.63. The van der Waals surface area contributed by atoms with E-state index in [1.807, 2.05) is 72.8 Å². The van der Waals surface area contributed by atoms with Crippen LogP contribution in [-0.2, 0) is 4.79 Å². The predicted molar refractivity (Wildman–Crippen MR) is 117 cm³/mol. The van der Waals surface area contributed by atoms with Gasteiger partial charge in [0.1, 0.15) is 0 Å². The van der Waals surface area contributed by atoms with Crippen molar-refractivity contribution in [3.05, 3.63) is 108 Å². The summed E-state index contributed by atoms with van der Waals surface area (Å²) in [5.41, 5.74) is 6.25.